The lowest BCUT2D eigenvalue weighted by molar-refractivity contribution is -0.127. The fourth-order valence-electron chi connectivity index (χ4n) is 3.19. The molecule has 3 rings (SSSR count). The summed E-state index contributed by atoms with van der Waals surface area (Å²) in [5, 5.41) is 8.52. The largest absolute Gasteiger partial charge is 0.479 e. The molecule has 0 spiro atoms. The summed E-state index contributed by atoms with van der Waals surface area (Å²) in [7, 11) is 0. The van der Waals surface area contributed by atoms with Gasteiger partial charge in [0.25, 0.3) is 0 Å². The van der Waals surface area contributed by atoms with Gasteiger partial charge in [-0.3, -0.25) is 9.69 Å². The van der Waals surface area contributed by atoms with Crippen LogP contribution >= 0.6 is 0 Å². The third-order valence-electron chi connectivity index (χ3n) is 4.85. The van der Waals surface area contributed by atoms with Gasteiger partial charge in [-0.2, -0.15) is 5.26 Å². The highest BCUT2D eigenvalue weighted by Gasteiger charge is 2.19. The topological polar surface area (TPSA) is 56.6 Å². The predicted molar refractivity (Wildman–Crippen MR) is 110 cm³/mol. The summed E-state index contributed by atoms with van der Waals surface area (Å²) in [5.41, 5.74) is 2.28. The number of carbonyl (C=O) groups is 1. The highest BCUT2D eigenvalue weighted by Crippen LogP contribution is 2.13. The normalized spacial score (nSPS) is 14.8. The quantitative estimate of drug-likeness (QED) is 0.698. The maximum absolute atomic E-state index is 12.4. The molecule has 1 saturated heterocycles. The summed E-state index contributed by atoms with van der Waals surface area (Å²) in [4.78, 5) is 16.7. The average molecular weight is 375 g/mol. The third-order valence-corrected chi connectivity index (χ3v) is 4.85. The van der Waals surface area contributed by atoms with E-state index >= 15 is 0 Å². The van der Waals surface area contributed by atoms with Crippen molar-refractivity contribution in [2.45, 2.75) is 6.42 Å². The first-order chi connectivity index (χ1) is 13.7. The van der Waals surface area contributed by atoms with Gasteiger partial charge < -0.3 is 9.64 Å². The summed E-state index contributed by atoms with van der Waals surface area (Å²) in [6.45, 7) is 4.42. The molecule has 2 aromatic carbocycles. The zero-order valence-electron chi connectivity index (χ0n) is 16.0. The van der Waals surface area contributed by atoms with Crippen molar-refractivity contribution in [3.63, 3.8) is 0 Å². The molecule has 1 heterocycles. The highest BCUT2D eigenvalue weighted by molar-refractivity contribution is 5.91. The molecule has 0 atom stereocenters. The number of carbonyl (C=O) groups excluding carboxylic acids is 1. The summed E-state index contributed by atoms with van der Waals surface area (Å²) >= 11 is 0. The first-order valence-corrected chi connectivity index (χ1v) is 9.58. The smallest absolute Gasteiger partial charge is 0.246 e. The maximum Gasteiger partial charge on any atom is 0.246 e. The van der Waals surface area contributed by atoms with Crippen LogP contribution in [0.1, 0.15) is 11.1 Å². The van der Waals surface area contributed by atoms with E-state index in [4.69, 9.17) is 10.00 Å². The summed E-state index contributed by atoms with van der Waals surface area (Å²) in [5.74, 6) is 0.698. The van der Waals surface area contributed by atoms with Gasteiger partial charge in [0.05, 0.1) is 0 Å². The summed E-state index contributed by atoms with van der Waals surface area (Å²) < 4.78 is 5.22. The van der Waals surface area contributed by atoms with E-state index in [1.54, 1.807) is 18.2 Å². The van der Waals surface area contributed by atoms with Crippen molar-refractivity contribution >= 4 is 12.0 Å². The van der Waals surface area contributed by atoms with Crippen molar-refractivity contribution < 1.29 is 9.53 Å². The zero-order valence-corrected chi connectivity index (χ0v) is 16.0. The van der Waals surface area contributed by atoms with Crippen LogP contribution in [-0.4, -0.2) is 55.0 Å². The second-order valence-corrected chi connectivity index (χ2v) is 6.75. The third kappa shape index (κ3) is 5.97. The molecular formula is C23H25N3O2. The molecule has 1 aliphatic heterocycles. The van der Waals surface area contributed by atoms with Gasteiger partial charge in [0.15, 0.2) is 6.61 Å². The predicted octanol–water partition coefficient (Wildman–Crippen LogP) is 2.99. The Hall–Kier alpha value is -3.10. The van der Waals surface area contributed by atoms with E-state index in [1.807, 2.05) is 35.2 Å². The fraction of sp³-hybridized carbons (Fsp3) is 0.304. The highest BCUT2D eigenvalue weighted by atomic mass is 16.5. The number of ether oxygens (including phenoxy) is 1. The number of nitriles is 1. The Labute approximate surface area is 166 Å². The Morgan fingerprint density at radius 3 is 2.43 bits per heavy atom. The SMILES string of the molecule is N#CCOc1ccc(/C=C/C(=O)N2CCN(CCc3ccccc3)CC2)cc1. The Bertz CT molecular complexity index is 817. The van der Waals surface area contributed by atoms with E-state index in [1.165, 1.54) is 5.56 Å². The van der Waals surface area contributed by atoms with Crippen LogP contribution < -0.4 is 4.74 Å². The minimum atomic E-state index is 0.0327. The number of amides is 1. The lowest BCUT2D eigenvalue weighted by Gasteiger charge is -2.34. The van der Waals surface area contributed by atoms with Gasteiger partial charge in [0.1, 0.15) is 11.8 Å². The van der Waals surface area contributed by atoms with Crippen molar-refractivity contribution in [1.82, 2.24) is 9.80 Å². The van der Waals surface area contributed by atoms with E-state index in [-0.39, 0.29) is 12.5 Å². The molecule has 0 aliphatic carbocycles. The molecule has 0 radical (unpaired) electrons. The molecule has 1 aliphatic rings. The molecule has 0 saturated carbocycles. The molecule has 0 aromatic heterocycles. The standard InChI is InChI=1S/C23H25N3O2/c24-13-19-28-22-9-6-21(7-10-22)8-11-23(27)26-17-15-25(16-18-26)14-12-20-4-2-1-3-5-20/h1-11H,12,14-19H2/b11-8+. The van der Waals surface area contributed by atoms with E-state index in [0.29, 0.717) is 5.75 Å². The van der Waals surface area contributed by atoms with Crippen molar-refractivity contribution in [2.75, 3.05) is 39.3 Å². The molecule has 144 valence electrons. The lowest BCUT2D eigenvalue weighted by atomic mass is 10.1. The van der Waals surface area contributed by atoms with Crippen LogP contribution in [0.2, 0.25) is 0 Å². The second-order valence-electron chi connectivity index (χ2n) is 6.75. The minimum absolute atomic E-state index is 0.0327. The van der Waals surface area contributed by atoms with Gasteiger partial charge in [-0.05, 0) is 35.8 Å². The van der Waals surface area contributed by atoms with Crippen LogP contribution in [0.25, 0.3) is 6.08 Å². The number of hydrogen-bond acceptors (Lipinski definition) is 4. The monoisotopic (exact) mass is 375 g/mol. The summed E-state index contributed by atoms with van der Waals surface area (Å²) in [6, 6.07) is 19.8. The maximum atomic E-state index is 12.4. The van der Waals surface area contributed by atoms with E-state index < -0.39 is 0 Å². The van der Waals surface area contributed by atoms with Crippen molar-refractivity contribution in [2.24, 2.45) is 0 Å². The van der Waals surface area contributed by atoms with Gasteiger partial charge in [-0.1, -0.05) is 42.5 Å². The summed E-state index contributed by atoms with van der Waals surface area (Å²) in [6.07, 6.45) is 4.49. The number of rotatable bonds is 7. The molecule has 1 fully saturated rings. The first-order valence-electron chi connectivity index (χ1n) is 9.58. The molecule has 0 unspecified atom stereocenters. The average Bonchev–Trinajstić information content (AvgIpc) is 2.76. The molecule has 0 bridgehead atoms. The van der Waals surface area contributed by atoms with E-state index in [9.17, 15) is 4.79 Å². The number of piperazine rings is 1. The van der Waals surface area contributed by atoms with Gasteiger partial charge >= 0.3 is 0 Å². The van der Waals surface area contributed by atoms with Gasteiger partial charge in [-0.25, -0.2) is 0 Å². The van der Waals surface area contributed by atoms with Crippen LogP contribution in [0.5, 0.6) is 5.75 Å². The van der Waals surface area contributed by atoms with Gasteiger partial charge in [-0.15, -0.1) is 0 Å². The van der Waals surface area contributed by atoms with Crippen LogP contribution in [0.4, 0.5) is 0 Å². The molecule has 0 N–H and O–H groups in total. The molecule has 5 nitrogen and oxygen atoms in total. The first kappa shape index (κ1) is 19.7. The van der Waals surface area contributed by atoms with Crippen LogP contribution in [0, 0.1) is 11.3 Å². The van der Waals surface area contributed by atoms with Crippen molar-refractivity contribution in [3.05, 3.63) is 71.8 Å². The molecule has 5 heteroatoms. The van der Waals surface area contributed by atoms with Crippen molar-refractivity contribution in [3.8, 4) is 11.8 Å². The van der Waals surface area contributed by atoms with Gasteiger partial charge in [0, 0.05) is 38.8 Å². The molecular weight excluding hydrogens is 350 g/mol. The van der Waals surface area contributed by atoms with Crippen LogP contribution in [0.15, 0.2) is 60.7 Å². The van der Waals surface area contributed by atoms with Crippen molar-refractivity contribution in [1.29, 1.82) is 5.26 Å². The number of benzene rings is 2. The molecule has 1 amide bonds. The second kappa shape index (κ2) is 10.3. The Morgan fingerprint density at radius 1 is 1.04 bits per heavy atom. The molecule has 28 heavy (non-hydrogen) atoms. The van der Waals surface area contributed by atoms with Crippen LogP contribution in [0.3, 0.4) is 0 Å². The van der Waals surface area contributed by atoms with E-state index in [0.717, 1.165) is 44.7 Å². The fourth-order valence-corrected chi connectivity index (χ4v) is 3.19. The zero-order chi connectivity index (χ0) is 19.6. The lowest BCUT2D eigenvalue weighted by Crippen LogP contribution is -2.48. The minimum Gasteiger partial charge on any atom is -0.479 e. The Morgan fingerprint density at radius 2 is 1.75 bits per heavy atom. The number of nitrogens with zero attached hydrogens (tertiary/aromatic N) is 3. The van der Waals surface area contributed by atoms with Gasteiger partial charge in [0.2, 0.25) is 5.91 Å². The van der Waals surface area contributed by atoms with Crippen LogP contribution in [-0.2, 0) is 11.2 Å². The Balaban J connectivity index is 1.42. The molecule has 2 aromatic rings. The Kier molecular flexibility index (Phi) is 7.22. The van der Waals surface area contributed by atoms with E-state index in [2.05, 4.69) is 29.2 Å². The number of hydrogen-bond donors (Lipinski definition) is 0.